The average Bonchev–Trinajstić information content (AvgIpc) is 2.53. The Morgan fingerprint density at radius 3 is 2.36 bits per heavy atom. The molecule has 0 aliphatic carbocycles. The summed E-state index contributed by atoms with van der Waals surface area (Å²) in [5, 5.41) is 2.70. The van der Waals surface area contributed by atoms with Gasteiger partial charge < -0.3 is 15.0 Å². The number of amides is 2. The van der Waals surface area contributed by atoms with Crippen molar-refractivity contribution in [2.45, 2.75) is 33.6 Å². The van der Waals surface area contributed by atoms with Gasteiger partial charge in [-0.25, -0.2) is 0 Å². The molecule has 122 valence electrons. The molecule has 1 N–H and O–H groups in total. The van der Waals surface area contributed by atoms with Gasteiger partial charge in [0, 0.05) is 18.7 Å². The maximum Gasteiger partial charge on any atom is 0.254 e. The number of unbranched alkanes of at least 4 members (excludes halogenated alkanes) is 1. The van der Waals surface area contributed by atoms with E-state index in [1.54, 1.807) is 24.3 Å². The molecule has 0 saturated heterocycles. The van der Waals surface area contributed by atoms with Crippen LogP contribution in [-0.4, -0.2) is 43.0 Å². The van der Waals surface area contributed by atoms with Crippen LogP contribution in [0.15, 0.2) is 24.3 Å². The Morgan fingerprint density at radius 2 is 1.82 bits per heavy atom. The molecule has 1 aromatic rings. The van der Waals surface area contributed by atoms with Crippen LogP contribution in [-0.2, 0) is 4.79 Å². The summed E-state index contributed by atoms with van der Waals surface area (Å²) >= 11 is 0. The second-order valence-corrected chi connectivity index (χ2v) is 5.00. The van der Waals surface area contributed by atoms with Crippen molar-refractivity contribution in [2.75, 3.05) is 26.2 Å². The van der Waals surface area contributed by atoms with Crippen molar-refractivity contribution >= 4 is 11.8 Å². The predicted octanol–water partition coefficient (Wildman–Crippen LogP) is 2.46. The van der Waals surface area contributed by atoms with E-state index in [9.17, 15) is 9.59 Å². The van der Waals surface area contributed by atoms with E-state index in [0.29, 0.717) is 25.3 Å². The fraction of sp³-hybridized carbons (Fsp3) is 0.529. The highest BCUT2D eigenvalue weighted by molar-refractivity contribution is 5.96. The Balaban J connectivity index is 2.64. The first kappa shape index (κ1) is 18.0. The van der Waals surface area contributed by atoms with Crippen LogP contribution in [0.3, 0.4) is 0 Å². The van der Waals surface area contributed by atoms with E-state index >= 15 is 0 Å². The Morgan fingerprint density at radius 1 is 1.14 bits per heavy atom. The summed E-state index contributed by atoms with van der Waals surface area (Å²) < 4.78 is 5.58. The van der Waals surface area contributed by atoms with E-state index in [0.717, 1.165) is 18.6 Å². The standard InChI is InChI=1S/C17H26N2O3/c1-4-7-12-22-15-10-8-14(9-11-15)17(21)19(6-3)13-16(20)18-5-2/h8-11H,4-7,12-13H2,1-3H3,(H,18,20). The number of benzene rings is 1. The average molecular weight is 306 g/mol. The van der Waals surface area contributed by atoms with Crippen LogP contribution in [0.2, 0.25) is 0 Å². The van der Waals surface area contributed by atoms with Gasteiger partial charge in [-0.15, -0.1) is 0 Å². The van der Waals surface area contributed by atoms with Gasteiger partial charge in [-0.05, 0) is 44.5 Å². The molecule has 0 radical (unpaired) electrons. The summed E-state index contributed by atoms with van der Waals surface area (Å²) in [6.07, 6.45) is 2.10. The van der Waals surface area contributed by atoms with Crippen LogP contribution in [0.1, 0.15) is 44.0 Å². The zero-order valence-electron chi connectivity index (χ0n) is 13.7. The lowest BCUT2D eigenvalue weighted by atomic mass is 10.2. The molecule has 0 bridgehead atoms. The van der Waals surface area contributed by atoms with Crippen LogP contribution in [0.5, 0.6) is 5.75 Å². The van der Waals surface area contributed by atoms with Crippen LogP contribution < -0.4 is 10.1 Å². The smallest absolute Gasteiger partial charge is 0.254 e. The molecule has 0 aromatic heterocycles. The lowest BCUT2D eigenvalue weighted by molar-refractivity contribution is -0.121. The molecule has 0 saturated carbocycles. The van der Waals surface area contributed by atoms with Gasteiger partial charge in [0.15, 0.2) is 0 Å². The fourth-order valence-corrected chi connectivity index (χ4v) is 1.96. The summed E-state index contributed by atoms with van der Waals surface area (Å²) in [6, 6.07) is 7.07. The molecule has 0 atom stereocenters. The summed E-state index contributed by atoms with van der Waals surface area (Å²) in [4.78, 5) is 25.5. The van der Waals surface area contributed by atoms with Gasteiger partial charge in [0.1, 0.15) is 5.75 Å². The van der Waals surface area contributed by atoms with Crippen molar-refractivity contribution in [2.24, 2.45) is 0 Å². The zero-order chi connectivity index (χ0) is 16.4. The number of hydrogen-bond acceptors (Lipinski definition) is 3. The lowest BCUT2D eigenvalue weighted by Gasteiger charge is -2.20. The number of ether oxygens (including phenoxy) is 1. The molecule has 22 heavy (non-hydrogen) atoms. The lowest BCUT2D eigenvalue weighted by Crippen LogP contribution is -2.40. The molecule has 0 aliphatic rings. The van der Waals surface area contributed by atoms with Crippen LogP contribution in [0.25, 0.3) is 0 Å². The summed E-state index contributed by atoms with van der Waals surface area (Å²) in [5.41, 5.74) is 0.564. The van der Waals surface area contributed by atoms with E-state index in [2.05, 4.69) is 12.2 Å². The Hall–Kier alpha value is -2.04. The third-order valence-corrected chi connectivity index (χ3v) is 3.25. The second kappa shape index (κ2) is 9.82. The molecular formula is C17H26N2O3. The monoisotopic (exact) mass is 306 g/mol. The number of nitrogens with zero attached hydrogens (tertiary/aromatic N) is 1. The normalized spacial score (nSPS) is 10.1. The molecule has 0 heterocycles. The molecule has 0 aliphatic heterocycles. The van der Waals surface area contributed by atoms with E-state index in [1.807, 2.05) is 13.8 Å². The van der Waals surface area contributed by atoms with Crippen molar-refractivity contribution in [3.8, 4) is 5.75 Å². The highest BCUT2D eigenvalue weighted by Gasteiger charge is 2.16. The minimum atomic E-state index is -0.145. The van der Waals surface area contributed by atoms with Crippen LogP contribution in [0, 0.1) is 0 Å². The predicted molar refractivity (Wildman–Crippen MR) is 87.1 cm³/mol. The molecule has 2 amide bonds. The third-order valence-electron chi connectivity index (χ3n) is 3.25. The molecule has 0 spiro atoms. The van der Waals surface area contributed by atoms with Crippen molar-refractivity contribution < 1.29 is 14.3 Å². The summed E-state index contributed by atoms with van der Waals surface area (Å²) in [5.74, 6) is 0.475. The number of carbonyl (C=O) groups is 2. The van der Waals surface area contributed by atoms with E-state index in [4.69, 9.17) is 4.74 Å². The van der Waals surface area contributed by atoms with Crippen molar-refractivity contribution in [3.05, 3.63) is 29.8 Å². The van der Waals surface area contributed by atoms with Crippen LogP contribution in [0.4, 0.5) is 0 Å². The van der Waals surface area contributed by atoms with Gasteiger partial charge in [0.2, 0.25) is 5.91 Å². The summed E-state index contributed by atoms with van der Waals surface area (Å²) in [6.45, 7) is 7.64. The third kappa shape index (κ3) is 5.76. The quantitative estimate of drug-likeness (QED) is 0.713. The van der Waals surface area contributed by atoms with Gasteiger partial charge in [0.05, 0.1) is 13.2 Å². The van der Waals surface area contributed by atoms with E-state index < -0.39 is 0 Å². The second-order valence-electron chi connectivity index (χ2n) is 5.00. The van der Waals surface area contributed by atoms with E-state index in [1.165, 1.54) is 4.90 Å². The molecule has 0 unspecified atom stereocenters. The van der Waals surface area contributed by atoms with Gasteiger partial charge in [-0.2, -0.15) is 0 Å². The van der Waals surface area contributed by atoms with E-state index in [-0.39, 0.29) is 18.4 Å². The molecule has 5 heteroatoms. The van der Waals surface area contributed by atoms with Gasteiger partial charge in [-0.1, -0.05) is 13.3 Å². The zero-order valence-corrected chi connectivity index (χ0v) is 13.7. The van der Waals surface area contributed by atoms with Gasteiger partial charge >= 0.3 is 0 Å². The maximum absolute atomic E-state index is 12.4. The van der Waals surface area contributed by atoms with Crippen molar-refractivity contribution in [3.63, 3.8) is 0 Å². The Bertz CT molecular complexity index is 471. The van der Waals surface area contributed by atoms with Crippen molar-refractivity contribution in [1.29, 1.82) is 0 Å². The highest BCUT2D eigenvalue weighted by Crippen LogP contribution is 2.14. The minimum absolute atomic E-state index is 0.0813. The first-order valence-electron chi connectivity index (χ1n) is 7.91. The fourth-order valence-electron chi connectivity index (χ4n) is 1.96. The Labute approximate surface area is 132 Å². The largest absolute Gasteiger partial charge is 0.494 e. The molecule has 5 nitrogen and oxygen atoms in total. The first-order chi connectivity index (χ1) is 10.6. The SMILES string of the molecule is CCCCOc1ccc(C(=O)N(CC)CC(=O)NCC)cc1. The highest BCUT2D eigenvalue weighted by atomic mass is 16.5. The number of hydrogen-bond donors (Lipinski definition) is 1. The molecule has 1 rings (SSSR count). The maximum atomic E-state index is 12.4. The molecule has 0 fully saturated rings. The molecule has 1 aromatic carbocycles. The van der Waals surface area contributed by atoms with Crippen LogP contribution >= 0.6 is 0 Å². The number of rotatable bonds is 9. The van der Waals surface area contributed by atoms with Crippen molar-refractivity contribution in [1.82, 2.24) is 10.2 Å². The Kier molecular flexibility index (Phi) is 8.04. The topological polar surface area (TPSA) is 58.6 Å². The first-order valence-corrected chi connectivity index (χ1v) is 7.91. The number of likely N-dealkylation sites (N-methyl/N-ethyl adjacent to an activating group) is 2. The molecular weight excluding hydrogens is 280 g/mol. The number of nitrogens with one attached hydrogen (secondary N) is 1. The van der Waals surface area contributed by atoms with Gasteiger partial charge in [0.25, 0.3) is 5.91 Å². The van der Waals surface area contributed by atoms with Gasteiger partial charge in [-0.3, -0.25) is 9.59 Å². The number of carbonyl (C=O) groups excluding carboxylic acids is 2. The summed E-state index contributed by atoms with van der Waals surface area (Å²) in [7, 11) is 0. The minimum Gasteiger partial charge on any atom is -0.494 e.